The average Bonchev–Trinajstić information content (AvgIpc) is 3.56. The number of carbonyl (C=O) groups excluding carboxylic acids is 2. The Labute approximate surface area is 217 Å². The zero-order valence-corrected chi connectivity index (χ0v) is 21.8. The van der Waals surface area contributed by atoms with Gasteiger partial charge in [-0.2, -0.15) is 4.73 Å². The van der Waals surface area contributed by atoms with Crippen molar-refractivity contribution in [2.75, 3.05) is 18.9 Å². The number of hydrogen-bond donors (Lipinski definition) is 2. The molecule has 3 heterocycles. The SMILES string of the molecule is Cc1cc[n+]([O-])c(C)c1-c1ccc(NC(=O)[C@@H](NC(=O)c2ccc3n2CCN(C)C3)C2CCCC2)cc1. The van der Waals surface area contributed by atoms with Gasteiger partial charge in [0.25, 0.3) is 5.91 Å². The predicted molar refractivity (Wildman–Crippen MR) is 143 cm³/mol. The van der Waals surface area contributed by atoms with E-state index in [1.165, 1.54) is 6.20 Å². The summed E-state index contributed by atoms with van der Waals surface area (Å²) >= 11 is 0. The third kappa shape index (κ3) is 5.11. The fourth-order valence-corrected chi connectivity index (χ4v) is 5.79. The van der Waals surface area contributed by atoms with E-state index in [1.54, 1.807) is 13.0 Å². The highest BCUT2D eigenvalue weighted by Crippen LogP contribution is 2.30. The molecule has 1 aromatic carbocycles. The Hall–Kier alpha value is -3.65. The number of hydrogen-bond acceptors (Lipinski definition) is 4. The third-order valence-corrected chi connectivity index (χ3v) is 7.87. The first-order valence-electron chi connectivity index (χ1n) is 13.1. The van der Waals surface area contributed by atoms with Gasteiger partial charge in [-0.15, -0.1) is 0 Å². The lowest BCUT2D eigenvalue weighted by molar-refractivity contribution is -0.611. The second-order valence-electron chi connectivity index (χ2n) is 10.4. The normalized spacial score (nSPS) is 16.8. The van der Waals surface area contributed by atoms with Crippen molar-refractivity contribution in [3.63, 3.8) is 0 Å². The molecule has 1 fully saturated rings. The number of benzene rings is 1. The molecule has 0 radical (unpaired) electrons. The summed E-state index contributed by atoms with van der Waals surface area (Å²) in [6, 6.07) is 12.6. The largest absolute Gasteiger partial charge is 0.618 e. The molecular weight excluding hydrogens is 466 g/mol. The minimum atomic E-state index is -0.592. The van der Waals surface area contributed by atoms with E-state index >= 15 is 0 Å². The van der Waals surface area contributed by atoms with Crippen LogP contribution >= 0.6 is 0 Å². The molecule has 2 aromatic heterocycles. The maximum absolute atomic E-state index is 13.5. The first-order chi connectivity index (χ1) is 17.8. The number of nitrogens with zero attached hydrogens (tertiary/aromatic N) is 3. The Morgan fingerprint density at radius 1 is 1.03 bits per heavy atom. The van der Waals surface area contributed by atoms with Crippen molar-refractivity contribution in [3.05, 3.63) is 76.5 Å². The van der Waals surface area contributed by atoms with Gasteiger partial charge in [0.15, 0.2) is 11.9 Å². The first kappa shape index (κ1) is 25.0. The maximum Gasteiger partial charge on any atom is 0.268 e. The van der Waals surface area contributed by atoms with Crippen LogP contribution < -0.4 is 15.4 Å². The van der Waals surface area contributed by atoms with Crippen LogP contribution in [0.3, 0.4) is 0 Å². The highest BCUT2D eigenvalue weighted by atomic mass is 16.5. The molecular formula is C29H35N5O3. The molecule has 8 heteroatoms. The number of pyridine rings is 1. The lowest BCUT2D eigenvalue weighted by atomic mass is 9.96. The fraction of sp³-hybridized carbons (Fsp3) is 0.414. The molecule has 1 aliphatic heterocycles. The summed E-state index contributed by atoms with van der Waals surface area (Å²) in [6.45, 7) is 6.25. The topological polar surface area (TPSA) is 93.3 Å². The Kier molecular flexibility index (Phi) is 7.02. The van der Waals surface area contributed by atoms with Crippen molar-refractivity contribution in [2.45, 2.75) is 58.7 Å². The van der Waals surface area contributed by atoms with Crippen LogP contribution in [0.15, 0.2) is 48.7 Å². The molecule has 0 spiro atoms. The number of aromatic nitrogens is 2. The van der Waals surface area contributed by atoms with Crippen LogP contribution in [0.1, 0.15) is 53.1 Å². The van der Waals surface area contributed by atoms with E-state index in [0.717, 1.165) is 72.4 Å². The van der Waals surface area contributed by atoms with Gasteiger partial charge in [-0.1, -0.05) is 25.0 Å². The van der Waals surface area contributed by atoms with Crippen molar-refractivity contribution in [3.8, 4) is 11.1 Å². The summed E-state index contributed by atoms with van der Waals surface area (Å²) in [5, 5.41) is 18.2. The molecule has 8 nitrogen and oxygen atoms in total. The van der Waals surface area contributed by atoms with E-state index in [1.807, 2.05) is 43.3 Å². The average molecular weight is 502 g/mol. The Balaban J connectivity index is 1.32. The lowest BCUT2D eigenvalue weighted by Gasteiger charge is -2.27. The number of nitrogens with one attached hydrogen (secondary N) is 2. The van der Waals surface area contributed by atoms with Crippen molar-refractivity contribution >= 4 is 17.5 Å². The molecule has 2 N–H and O–H groups in total. The first-order valence-corrected chi connectivity index (χ1v) is 13.1. The van der Waals surface area contributed by atoms with Crippen LogP contribution in [0.25, 0.3) is 11.1 Å². The minimum Gasteiger partial charge on any atom is -0.618 e. The summed E-state index contributed by atoms with van der Waals surface area (Å²) in [6.07, 6.45) is 5.51. The maximum atomic E-state index is 13.5. The van der Waals surface area contributed by atoms with Gasteiger partial charge in [0.05, 0.1) is 5.56 Å². The Morgan fingerprint density at radius 3 is 2.49 bits per heavy atom. The molecule has 2 amide bonds. The van der Waals surface area contributed by atoms with E-state index in [9.17, 15) is 14.8 Å². The van der Waals surface area contributed by atoms with E-state index in [2.05, 4.69) is 27.1 Å². The van der Waals surface area contributed by atoms with Crippen LogP contribution in [-0.4, -0.2) is 40.9 Å². The van der Waals surface area contributed by atoms with E-state index < -0.39 is 6.04 Å². The summed E-state index contributed by atoms with van der Waals surface area (Å²) in [5.74, 6) is -0.269. The van der Waals surface area contributed by atoms with Crippen LogP contribution in [0, 0.1) is 25.0 Å². The summed E-state index contributed by atoms with van der Waals surface area (Å²) < 4.78 is 2.93. The molecule has 1 atom stereocenters. The number of likely N-dealkylation sites (N-methyl/N-ethyl adjacent to an activating group) is 1. The second kappa shape index (κ2) is 10.4. The fourth-order valence-electron chi connectivity index (χ4n) is 5.79. The van der Waals surface area contributed by atoms with Crippen LogP contribution in [-0.2, 0) is 17.9 Å². The van der Waals surface area contributed by atoms with Gasteiger partial charge in [-0.05, 0) is 68.1 Å². The highest BCUT2D eigenvalue weighted by Gasteiger charge is 2.33. The summed E-state index contributed by atoms with van der Waals surface area (Å²) in [5.41, 5.74) is 5.87. The van der Waals surface area contributed by atoms with Crippen molar-refractivity contribution < 1.29 is 14.3 Å². The van der Waals surface area contributed by atoms with E-state index in [-0.39, 0.29) is 17.7 Å². The number of amides is 2. The molecule has 5 rings (SSSR count). The number of carbonyl (C=O) groups is 2. The van der Waals surface area contributed by atoms with Gasteiger partial charge in [0, 0.05) is 44.0 Å². The van der Waals surface area contributed by atoms with Gasteiger partial charge < -0.3 is 20.4 Å². The molecule has 1 saturated carbocycles. The zero-order chi connectivity index (χ0) is 26.1. The zero-order valence-electron chi connectivity index (χ0n) is 21.8. The summed E-state index contributed by atoms with van der Waals surface area (Å²) in [7, 11) is 2.07. The lowest BCUT2D eigenvalue weighted by Crippen LogP contribution is -2.48. The molecule has 37 heavy (non-hydrogen) atoms. The number of fused-ring (bicyclic) bond motifs is 1. The van der Waals surface area contributed by atoms with Crippen LogP contribution in [0.2, 0.25) is 0 Å². The summed E-state index contributed by atoms with van der Waals surface area (Å²) in [4.78, 5) is 29.0. The van der Waals surface area contributed by atoms with Crippen molar-refractivity contribution in [1.82, 2.24) is 14.8 Å². The Morgan fingerprint density at radius 2 is 1.76 bits per heavy atom. The van der Waals surface area contributed by atoms with Gasteiger partial charge in [0.1, 0.15) is 11.7 Å². The molecule has 194 valence electrons. The predicted octanol–water partition coefficient (Wildman–Crippen LogP) is 3.78. The van der Waals surface area contributed by atoms with E-state index in [4.69, 9.17) is 0 Å². The number of aryl methyl sites for hydroxylation is 1. The highest BCUT2D eigenvalue weighted by molar-refractivity contribution is 6.01. The van der Waals surface area contributed by atoms with Gasteiger partial charge in [0.2, 0.25) is 5.91 Å². The molecule has 0 bridgehead atoms. The Bertz CT molecular complexity index is 1310. The molecule has 1 aliphatic carbocycles. The van der Waals surface area contributed by atoms with E-state index in [0.29, 0.717) is 17.1 Å². The van der Waals surface area contributed by atoms with Crippen molar-refractivity contribution in [1.29, 1.82) is 0 Å². The third-order valence-electron chi connectivity index (χ3n) is 7.87. The minimum absolute atomic E-state index is 0.118. The smallest absolute Gasteiger partial charge is 0.268 e. The van der Waals surface area contributed by atoms with Gasteiger partial charge >= 0.3 is 0 Å². The monoisotopic (exact) mass is 501 g/mol. The number of anilines is 1. The van der Waals surface area contributed by atoms with Gasteiger partial charge in [-0.3, -0.25) is 14.5 Å². The molecule has 0 saturated heterocycles. The molecule has 3 aromatic rings. The van der Waals surface area contributed by atoms with Crippen LogP contribution in [0.4, 0.5) is 5.69 Å². The molecule has 2 aliphatic rings. The molecule has 0 unspecified atom stereocenters. The van der Waals surface area contributed by atoms with Gasteiger partial charge in [-0.25, -0.2) is 0 Å². The second-order valence-corrected chi connectivity index (χ2v) is 10.4. The van der Waals surface area contributed by atoms with Crippen LogP contribution in [0.5, 0.6) is 0 Å². The standard InChI is InChI=1S/C29H35N5O3/c1-19-14-15-34(37)20(2)26(19)21-8-10-23(11-9-21)30-29(36)27(22-6-4-5-7-22)31-28(35)25-13-12-24-18-32(3)16-17-33(24)25/h8-15,22,27H,4-7,16-18H2,1-3H3,(H,30,36)(H,31,35)/t27-/m0/s1. The number of rotatable bonds is 6. The van der Waals surface area contributed by atoms with Crippen molar-refractivity contribution in [2.24, 2.45) is 5.92 Å². The quantitative estimate of drug-likeness (QED) is 0.397.